The van der Waals surface area contributed by atoms with E-state index in [1.165, 1.54) is 24.4 Å². The molecule has 0 fully saturated rings. The summed E-state index contributed by atoms with van der Waals surface area (Å²) in [5, 5.41) is -0.346. The van der Waals surface area contributed by atoms with Crippen LogP contribution in [0.15, 0.2) is 64.6 Å². The summed E-state index contributed by atoms with van der Waals surface area (Å²) in [6, 6.07) is 13.0. The molecule has 0 N–H and O–H groups in total. The summed E-state index contributed by atoms with van der Waals surface area (Å²) in [4.78, 5) is 12.8. The fourth-order valence-electron chi connectivity index (χ4n) is 2.97. The Morgan fingerprint density at radius 2 is 1.44 bits per heavy atom. The van der Waals surface area contributed by atoms with Crippen molar-refractivity contribution in [2.75, 3.05) is 11.5 Å². The van der Waals surface area contributed by atoms with Crippen LogP contribution in [-0.4, -0.2) is 38.5 Å². The molecule has 0 aliphatic heterocycles. The first-order valence-corrected chi connectivity index (χ1v) is 11.7. The number of sulfone groups is 2. The standard InChI is InChI=1S/C19H19NO5S2/c1-3-26(22,23)18-16(17(21)14-10-6-5-7-11-14)15-12-8-9-13-20(15)19(18)27(24,25)4-2/h5-13H,3-4H2,1-2H3. The van der Waals surface area contributed by atoms with Crippen molar-refractivity contribution < 1.29 is 21.6 Å². The van der Waals surface area contributed by atoms with Gasteiger partial charge in [-0.3, -0.25) is 4.79 Å². The number of fused-ring (bicyclic) bond motifs is 1. The largest absolute Gasteiger partial charge is 0.306 e. The predicted molar refractivity (Wildman–Crippen MR) is 103 cm³/mol. The lowest BCUT2D eigenvalue weighted by Crippen LogP contribution is -2.16. The predicted octanol–water partition coefficient (Wildman–Crippen LogP) is 2.76. The average Bonchev–Trinajstić information content (AvgIpc) is 3.05. The number of benzene rings is 1. The van der Waals surface area contributed by atoms with Gasteiger partial charge in [0.1, 0.15) is 4.90 Å². The number of aromatic nitrogens is 1. The molecule has 6 nitrogen and oxygen atoms in total. The summed E-state index contributed by atoms with van der Waals surface area (Å²) in [5.74, 6) is -1.12. The molecule has 0 amide bonds. The second-order valence-electron chi connectivity index (χ2n) is 5.97. The number of rotatable bonds is 6. The summed E-state index contributed by atoms with van der Waals surface area (Å²) >= 11 is 0. The van der Waals surface area contributed by atoms with Crippen molar-refractivity contribution >= 4 is 31.0 Å². The molecule has 0 aliphatic rings. The van der Waals surface area contributed by atoms with Crippen LogP contribution in [0.25, 0.3) is 5.52 Å². The Labute approximate surface area is 158 Å². The van der Waals surface area contributed by atoms with E-state index in [0.29, 0.717) is 5.56 Å². The molecule has 3 rings (SSSR count). The van der Waals surface area contributed by atoms with Crippen LogP contribution in [0.4, 0.5) is 0 Å². The summed E-state index contributed by atoms with van der Waals surface area (Å²) in [7, 11) is -7.90. The zero-order valence-corrected chi connectivity index (χ0v) is 16.5. The molecule has 0 saturated carbocycles. The lowest BCUT2D eigenvalue weighted by atomic mass is 10.0. The molecule has 27 heavy (non-hydrogen) atoms. The summed E-state index contributed by atoms with van der Waals surface area (Å²) in [6.45, 7) is 2.87. The fraction of sp³-hybridized carbons (Fsp3) is 0.211. The molecule has 142 valence electrons. The average molecular weight is 405 g/mol. The molecule has 0 bridgehead atoms. The molecule has 0 spiro atoms. The molecular weight excluding hydrogens is 386 g/mol. The van der Waals surface area contributed by atoms with Crippen molar-refractivity contribution in [2.24, 2.45) is 0 Å². The summed E-state index contributed by atoms with van der Waals surface area (Å²) in [6.07, 6.45) is 1.47. The Morgan fingerprint density at radius 3 is 2.04 bits per heavy atom. The number of hydrogen-bond donors (Lipinski definition) is 0. The number of carbonyl (C=O) groups is 1. The zero-order valence-electron chi connectivity index (χ0n) is 14.9. The van der Waals surface area contributed by atoms with Crippen LogP contribution in [-0.2, 0) is 19.7 Å². The number of carbonyl (C=O) groups excluding carboxylic acids is 1. The van der Waals surface area contributed by atoms with Crippen LogP contribution >= 0.6 is 0 Å². The molecule has 8 heteroatoms. The second kappa shape index (κ2) is 6.94. The fourth-order valence-corrected chi connectivity index (χ4v) is 6.01. The SMILES string of the molecule is CCS(=O)(=O)c1c(C(=O)c2ccccc2)c2ccccn2c1S(=O)(=O)CC. The highest BCUT2D eigenvalue weighted by Crippen LogP contribution is 2.34. The molecule has 2 heterocycles. The summed E-state index contributed by atoms with van der Waals surface area (Å²) < 4.78 is 52.6. The van der Waals surface area contributed by atoms with Crippen molar-refractivity contribution in [2.45, 2.75) is 23.8 Å². The van der Waals surface area contributed by atoms with Gasteiger partial charge in [0.15, 0.2) is 30.5 Å². The van der Waals surface area contributed by atoms with Crippen molar-refractivity contribution in [3.8, 4) is 0 Å². The van der Waals surface area contributed by atoms with E-state index in [1.54, 1.807) is 48.5 Å². The molecule has 1 aromatic carbocycles. The smallest absolute Gasteiger partial charge is 0.196 e. The van der Waals surface area contributed by atoms with Gasteiger partial charge in [0.2, 0.25) is 0 Å². The van der Waals surface area contributed by atoms with E-state index in [1.807, 2.05) is 0 Å². The van der Waals surface area contributed by atoms with Gasteiger partial charge in [-0.2, -0.15) is 0 Å². The number of pyridine rings is 1. The minimum absolute atomic E-state index is 0.101. The van der Waals surface area contributed by atoms with Gasteiger partial charge in [-0.05, 0) is 12.1 Å². The van der Waals surface area contributed by atoms with Crippen LogP contribution < -0.4 is 0 Å². The van der Waals surface area contributed by atoms with Gasteiger partial charge >= 0.3 is 0 Å². The monoisotopic (exact) mass is 405 g/mol. The van der Waals surface area contributed by atoms with Crippen molar-refractivity contribution in [1.29, 1.82) is 0 Å². The minimum atomic E-state index is -3.99. The first-order chi connectivity index (χ1) is 12.7. The van der Waals surface area contributed by atoms with Crippen LogP contribution in [0.1, 0.15) is 29.8 Å². The van der Waals surface area contributed by atoms with E-state index >= 15 is 0 Å². The van der Waals surface area contributed by atoms with Crippen molar-refractivity contribution in [1.82, 2.24) is 4.40 Å². The van der Waals surface area contributed by atoms with Crippen LogP contribution in [0.5, 0.6) is 0 Å². The Hall–Kier alpha value is -2.45. The highest BCUT2D eigenvalue weighted by Gasteiger charge is 2.36. The van der Waals surface area contributed by atoms with Gasteiger partial charge in [0.05, 0.1) is 22.6 Å². The summed E-state index contributed by atoms with van der Waals surface area (Å²) in [5.41, 5.74) is 0.447. The zero-order chi connectivity index (χ0) is 19.8. The van der Waals surface area contributed by atoms with E-state index in [4.69, 9.17) is 0 Å². The van der Waals surface area contributed by atoms with Gasteiger partial charge in [0.25, 0.3) is 0 Å². The first kappa shape index (κ1) is 19.3. The normalized spacial score (nSPS) is 12.4. The Morgan fingerprint density at radius 1 is 0.852 bits per heavy atom. The number of ketones is 1. The third-order valence-electron chi connectivity index (χ3n) is 4.38. The molecule has 3 aromatic rings. The molecule has 0 unspecified atom stereocenters. The maximum absolute atomic E-state index is 13.2. The third-order valence-corrected chi connectivity index (χ3v) is 8.04. The van der Waals surface area contributed by atoms with Crippen LogP contribution in [0, 0.1) is 0 Å². The van der Waals surface area contributed by atoms with E-state index in [9.17, 15) is 21.6 Å². The maximum Gasteiger partial charge on any atom is 0.196 e. The van der Waals surface area contributed by atoms with Gasteiger partial charge in [0, 0.05) is 11.8 Å². The highest BCUT2D eigenvalue weighted by molar-refractivity contribution is 7.94. The lowest BCUT2D eigenvalue weighted by molar-refractivity contribution is 0.103. The van der Waals surface area contributed by atoms with Gasteiger partial charge in [-0.1, -0.05) is 50.2 Å². The molecule has 0 radical (unpaired) electrons. The topological polar surface area (TPSA) is 89.8 Å². The molecule has 0 atom stereocenters. The Bertz CT molecular complexity index is 1220. The van der Waals surface area contributed by atoms with E-state index < -0.39 is 30.4 Å². The number of hydrogen-bond acceptors (Lipinski definition) is 5. The van der Waals surface area contributed by atoms with Crippen LogP contribution in [0.2, 0.25) is 0 Å². The molecule has 0 aliphatic carbocycles. The van der Waals surface area contributed by atoms with Crippen molar-refractivity contribution in [3.05, 3.63) is 65.9 Å². The van der Waals surface area contributed by atoms with Crippen LogP contribution in [0.3, 0.4) is 0 Å². The Kier molecular flexibility index (Phi) is 4.96. The maximum atomic E-state index is 13.2. The number of nitrogens with zero attached hydrogens (tertiary/aromatic N) is 1. The van der Waals surface area contributed by atoms with E-state index in [2.05, 4.69) is 0 Å². The molecule has 0 saturated heterocycles. The second-order valence-corrected chi connectivity index (χ2v) is 10.4. The Balaban J connectivity index is 2.54. The molecular formula is C19H19NO5S2. The third kappa shape index (κ3) is 3.19. The first-order valence-electron chi connectivity index (χ1n) is 8.43. The minimum Gasteiger partial charge on any atom is -0.306 e. The van der Waals surface area contributed by atoms with E-state index in [-0.39, 0.29) is 27.6 Å². The van der Waals surface area contributed by atoms with Gasteiger partial charge < -0.3 is 4.40 Å². The quantitative estimate of drug-likeness (QED) is 0.588. The van der Waals surface area contributed by atoms with E-state index in [0.717, 1.165) is 0 Å². The lowest BCUT2D eigenvalue weighted by Gasteiger charge is -2.08. The highest BCUT2D eigenvalue weighted by atomic mass is 32.2. The van der Waals surface area contributed by atoms with Gasteiger partial charge in [-0.15, -0.1) is 0 Å². The van der Waals surface area contributed by atoms with Crippen molar-refractivity contribution in [3.63, 3.8) is 0 Å². The molecule has 2 aromatic heterocycles. The van der Waals surface area contributed by atoms with Gasteiger partial charge in [-0.25, -0.2) is 16.8 Å².